The van der Waals surface area contributed by atoms with Gasteiger partial charge in [0.15, 0.2) is 11.5 Å². The Labute approximate surface area is 119 Å². The lowest BCUT2D eigenvalue weighted by atomic mass is 10.1. The van der Waals surface area contributed by atoms with Crippen LogP contribution in [0.3, 0.4) is 0 Å². The molecule has 0 spiro atoms. The molecule has 2 aromatic rings. The third kappa shape index (κ3) is 3.60. The number of benzene rings is 2. The van der Waals surface area contributed by atoms with Gasteiger partial charge in [0.05, 0.1) is 11.7 Å². The van der Waals surface area contributed by atoms with E-state index in [1.807, 2.05) is 45.0 Å². The van der Waals surface area contributed by atoms with E-state index < -0.39 is 0 Å². The Kier molecular flexibility index (Phi) is 4.41. The number of aryl methyl sites for hydroxylation is 1. The number of rotatable bonds is 4. The normalized spacial score (nSPS) is 10.4. The van der Waals surface area contributed by atoms with E-state index in [1.165, 1.54) is 0 Å². The van der Waals surface area contributed by atoms with Gasteiger partial charge in [0.2, 0.25) is 0 Å². The third-order valence-electron chi connectivity index (χ3n) is 2.70. The van der Waals surface area contributed by atoms with Gasteiger partial charge in [-0.15, -0.1) is 0 Å². The molecule has 0 aromatic heterocycles. The summed E-state index contributed by atoms with van der Waals surface area (Å²) in [5, 5.41) is 0. The molecule has 0 saturated carbocycles. The first-order chi connectivity index (χ1) is 9.56. The maximum Gasteiger partial charge on any atom is 0.343 e. The summed E-state index contributed by atoms with van der Waals surface area (Å²) in [6, 6.07) is 14.4. The molecule has 0 aliphatic heterocycles. The summed E-state index contributed by atoms with van der Waals surface area (Å²) in [4.78, 5) is 12.1. The summed E-state index contributed by atoms with van der Waals surface area (Å²) in [6.45, 7) is 5.83. The first kappa shape index (κ1) is 14.1. The van der Waals surface area contributed by atoms with Gasteiger partial charge in [-0.2, -0.15) is 0 Å². The Bertz CT molecular complexity index is 585. The minimum atomic E-state index is -0.384. The van der Waals surface area contributed by atoms with Gasteiger partial charge >= 0.3 is 5.97 Å². The Morgan fingerprint density at radius 2 is 1.55 bits per heavy atom. The molecule has 104 valence electrons. The van der Waals surface area contributed by atoms with E-state index in [-0.39, 0.29) is 12.1 Å². The second kappa shape index (κ2) is 6.24. The predicted octanol–water partition coefficient (Wildman–Crippen LogP) is 4.00. The maximum atomic E-state index is 12.1. The summed E-state index contributed by atoms with van der Waals surface area (Å²) in [6.07, 6.45) is 0.0224. The molecular weight excluding hydrogens is 252 g/mol. The molecule has 0 unspecified atom stereocenters. The molecule has 0 atom stereocenters. The van der Waals surface area contributed by atoms with Gasteiger partial charge < -0.3 is 9.47 Å². The first-order valence-corrected chi connectivity index (χ1v) is 6.61. The van der Waals surface area contributed by atoms with Gasteiger partial charge in [-0.25, -0.2) is 4.79 Å². The lowest BCUT2D eigenvalue weighted by Gasteiger charge is -2.13. The van der Waals surface area contributed by atoms with Gasteiger partial charge in [0.25, 0.3) is 0 Å². The SMILES string of the molecule is Cc1ccc(C(=O)Oc2ccccc2OC(C)C)cc1. The average molecular weight is 270 g/mol. The van der Waals surface area contributed by atoms with E-state index in [0.717, 1.165) is 5.56 Å². The van der Waals surface area contributed by atoms with Crippen molar-refractivity contribution in [3.63, 3.8) is 0 Å². The van der Waals surface area contributed by atoms with Crippen molar-refractivity contribution < 1.29 is 14.3 Å². The van der Waals surface area contributed by atoms with Crippen molar-refractivity contribution in [1.82, 2.24) is 0 Å². The fraction of sp³-hybridized carbons (Fsp3) is 0.235. The molecule has 3 nitrogen and oxygen atoms in total. The van der Waals surface area contributed by atoms with Crippen LogP contribution in [0.5, 0.6) is 11.5 Å². The molecule has 0 radical (unpaired) electrons. The molecule has 2 aromatic carbocycles. The minimum Gasteiger partial charge on any atom is -0.487 e. The van der Waals surface area contributed by atoms with Crippen LogP contribution in [0, 0.1) is 6.92 Å². The fourth-order valence-corrected chi connectivity index (χ4v) is 1.73. The number of hydrogen-bond donors (Lipinski definition) is 0. The van der Waals surface area contributed by atoms with Crippen molar-refractivity contribution in [2.75, 3.05) is 0 Å². The molecule has 2 rings (SSSR count). The van der Waals surface area contributed by atoms with E-state index in [9.17, 15) is 4.79 Å². The molecule has 0 bridgehead atoms. The van der Waals surface area contributed by atoms with E-state index in [0.29, 0.717) is 17.1 Å². The number of carbonyl (C=O) groups is 1. The highest BCUT2D eigenvalue weighted by Crippen LogP contribution is 2.28. The van der Waals surface area contributed by atoms with Crippen LogP contribution in [-0.4, -0.2) is 12.1 Å². The van der Waals surface area contributed by atoms with Crippen LogP contribution in [0.25, 0.3) is 0 Å². The van der Waals surface area contributed by atoms with Crippen molar-refractivity contribution in [2.45, 2.75) is 26.9 Å². The molecule has 0 aliphatic rings. The van der Waals surface area contributed by atoms with Crippen LogP contribution in [0.15, 0.2) is 48.5 Å². The second-order valence-electron chi connectivity index (χ2n) is 4.87. The highest BCUT2D eigenvalue weighted by Gasteiger charge is 2.12. The summed E-state index contributed by atoms with van der Waals surface area (Å²) in [5.74, 6) is 0.625. The summed E-state index contributed by atoms with van der Waals surface area (Å²) in [5.41, 5.74) is 1.63. The lowest BCUT2D eigenvalue weighted by molar-refractivity contribution is 0.0725. The summed E-state index contributed by atoms with van der Waals surface area (Å²) >= 11 is 0. The highest BCUT2D eigenvalue weighted by molar-refractivity contribution is 5.91. The topological polar surface area (TPSA) is 35.5 Å². The lowest BCUT2D eigenvalue weighted by Crippen LogP contribution is -2.11. The number of para-hydroxylation sites is 2. The Morgan fingerprint density at radius 1 is 0.950 bits per heavy atom. The average Bonchev–Trinajstić information content (AvgIpc) is 2.41. The monoisotopic (exact) mass is 270 g/mol. The van der Waals surface area contributed by atoms with Gasteiger partial charge in [-0.3, -0.25) is 0 Å². The number of hydrogen-bond acceptors (Lipinski definition) is 3. The largest absolute Gasteiger partial charge is 0.487 e. The molecule has 0 heterocycles. The highest BCUT2D eigenvalue weighted by atomic mass is 16.6. The van der Waals surface area contributed by atoms with Crippen molar-refractivity contribution in [1.29, 1.82) is 0 Å². The Morgan fingerprint density at radius 3 is 2.15 bits per heavy atom. The van der Waals surface area contributed by atoms with Crippen LogP contribution in [0.4, 0.5) is 0 Å². The zero-order chi connectivity index (χ0) is 14.5. The minimum absolute atomic E-state index is 0.0224. The molecule has 3 heteroatoms. The maximum absolute atomic E-state index is 12.1. The molecule has 0 fully saturated rings. The number of ether oxygens (including phenoxy) is 2. The van der Waals surface area contributed by atoms with Crippen molar-refractivity contribution in [3.05, 3.63) is 59.7 Å². The standard InChI is InChI=1S/C17H18O3/c1-12(2)19-15-6-4-5-7-16(15)20-17(18)14-10-8-13(3)9-11-14/h4-12H,1-3H3. The molecule has 0 amide bonds. The Balaban J connectivity index is 2.17. The van der Waals surface area contributed by atoms with E-state index >= 15 is 0 Å². The van der Waals surface area contributed by atoms with Gasteiger partial charge in [-0.05, 0) is 45.0 Å². The molecular formula is C17H18O3. The van der Waals surface area contributed by atoms with Crippen LogP contribution in [-0.2, 0) is 0 Å². The van der Waals surface area contributed by atoms with Crippen LogP contribution >= 0.6 is 0 Å². The molecule has 0 aliphatic carbocycles. The quantitative estimate of drug-likeness (QED) is 0.622. The van der Waals surface area contributed by atoms with Crippen LogP contribution < -0.4 is 9.47 Å². The zero-order valence-corrected chi connectivity index (χ0v) is 11.9. The van der Waals surface area contributed by atoms with Gasteiger partial charge in [0.1, 0.15) is 0 Å². The molecule has 20 heavy (non-hydrogen) atoms. The summed E-state index contributed by atoms with van der Waals surface area (Å²) < 4.78 is 11.0. The van der Waals surface area contributed by atoms with E-state index in [2.05, 4.69) is 0 Å². The zero-order valence-electron chi connectivity index (χ0n) is 11.9. The fourth-order valence-electron chi connectivity index (χ4n) is 1.73. The molecule has 0 N–H and O–H groups in total. The smallest absolute Gasteiger partial charge is 0.343 e. The second-order valence-corrected chi connectivity index (χ2v) is 4.87. The molecule has 0 saturated heterocycles. The van der Waals surface area contributed by atoms with E-state index in [1.54, 1.807) is 24.3 Å². The van der Waals surface area contributed by atoms with Gasteiger partial charge in [-0.1, -0.05) is 29.8 Å². The number of esters is 1. The van der Waals surface area contributed by atoms with Crippen LogP contribution in [0.2, 0.25) is 0 Å². The van der Waals surface area contributed by atoms with Crippen molar-refractivity contribution in [3.8, 4) is 11.5 Å². The summed E-state index contributed by atoms with van der Waals surface area (Å²) in [7, 11) is 0. The number of carbonyl (C=O) groups excluding carboxylic acids is 1. The van der Waals surface area contributed by atoms with Crippen LogP contribution in [0.1, 0.15) is 29.8 Å². The van der Waals surface area contributed by atoms with Crippen molar-refractivity contribution >= 4 is 5.97 Å². The van der Waals surface area contributed by atoms with Gasteiger partial charge in [0, 0.05) is 0 Å². The Hall–Kier alpha value is -2.29. The first-order valence-electron chi connectivity index (χ1n) is 6.61. The van der Waals surface area contributed by atoms with Crippen molar-refractivity contribution in [2.24, 2.45) is 0 Å². The predicted molar refractivity (Wildman–Crippen MR) is 78.3 cm³/mol. The third-order valence-corrected chi connectivity index (χ3v) is 2.70. The van der Waals surface area contributed by atoms with E-state index in [4.69, 9.17) is 9.47 Å².